The van der Waals surface area contributed by atoms with Gasteiger partial charge in [-0.05, 0) is 34.9 Å². The lowest BCUT2D eigenvalue weighted by Crippen LogP contribution is -2.24. The molecule has 0 saturated heterocycles. The van der Waals surface area contributed by atoms with Gasteiger partial charge < -0.3 is 10.1 Å². The minimum Gasteiger partial charge on any atom is -0.495 e. The fourth-order valence-electron chi connectivity index (χ4n) is 2.81. The molecule has 0 radical (unpaired) electrons. The van der Waals surface area contributed by atoms with Crippen LogP contribution in [0.3, 0.4) is 0 Å². The third-order valence-corrected chi connectivity index (χ3v) is 6.75. The van der Waals surface area contributed by atoms with Crippen LogP contribution in [0.15, 0.2) is 46.2 Å². The van der Waals surface area contributed by atoms with Crippen molar-refractivity contribution in [2.75, 3.05) is 13.4 Å². The molecule has 0 aromatic heterocycles. The molecule has 1 aliphatic rings. The maximum absolute atomic E-state index is 12.7. The summed E-state index contributed by atoms with van der Waals surface area (Å²) in [6.45, 7) is 1.68. The molecular weight excluding hydrogens is 376 g/mol. The highest BCUT2D eigenvalue weighted by Crippen LogP contribution is 2.27. The van der Waals surface area contributed by atoms with Crippen LogP contribution in [-0.4, -0.2) is 30.2 Å². The smallest absolute Gasteiger partial charge is 0.244 e. The zero-order chi connectivity index (χ0) is 18.9. The van der Waals surface area contributed by atoms with Crippen molar-refractivity contribution < 1.29 is 21.6 Å². The van der Waals surface area contributed by atoms with E-state index in [0.29, 0.717) is 0 Å². The van der Waals surface area contributed by atoms with Gasteiger partial charge in [0.2, 0.25) is 10.0 Å². The van der Waals surface area contributed by atoms with E-state index >= 15 is 0 Å². The van der Waals surface area contributed by atoms with Crippen LogP contribution in [0.4, 0.5) is 0 Å². The molecule has 1 heterocycles. The standard InChI is InChI=1S/C17H20N2O5S2/c1-24-16-6-5-15(25(2,20)21)8-17(16)26(22,23)19-9-12-3-4-13-10-18-11-14(13)7-12/h3-8,18-19H,9-11H2,1-2H3. The number of rotatable bonds is 6. The van der Waals surface area contributed by atoms with E-state index in [2.05, 4.69) is 10.0 Å². The van der Waals surface area contributed by atoms with Crippen LogP contribution in [0.25, 0.3) is 0 Å². The van der Waals surface area contributed by atoms with E-state index in [9.17, 15) is 16.8 Å². The summed E-state index contributed by atoms with van der Waals surface area (Å²) in [5.74, 6) is 0.0862. The van der Waals surface area contributed by atoms with Crippen molar-refractivity contribution in [2.45, 2.75) is 29.4 Å². The first-order chi connectivity index (χ1) is 12.2. The molecule has 0 saturated carbocycles. The average Bonchev–Trinajstić information content (AvgIpc) is 3.06. The Labute approximate surface area is 153 Å². The van der Waals surface area contributed by atoms with Crippen molar-refractivity contribution in [1.82, 2.24) is 10.0 Å². The van der Waals surface area contributed by atoms with E-state index in [1.165, 1.54) is 24.8 Å². The van der Waals surface area contributed by atoms with E-state index in [1.54, 1.807) is 0 Å². The molecule has 0 amide bonds. The molecule has 26 heavy (non-hydrogen) atoms. The van der Waals surface area contributed by atoms with Crippen LogP contribution >= 0.6 is 0 Å². The Kier molecular flexibility index (Phi) is 5.07. The Morgan fingerprint density at radius 2 is 1.77 bits per heavy atom. The normalized spacial score (nSPS) is 14.2. The summed E-state index contributed by atoms with van der Waals surface area (Å²) in [6, 6.07) is 9.58. The molecule has 1 aliphatic heterocycles. The zero-order valence-corrected chi connectivity index (χ0v) is 16.1. The van der Waals surface area contributed by atoms with E-state index in [1.807, 2.05) is 18.2 Å². The number of fused-ring (bicyclic) bond motifs is 1. The molecule has 0 bridgehead atoms. The van der Waals surface area contributed by atoms with Crippen molar-refractivity contribution in [2.24, 2.45) is 0 Å². The Bertz CT molecular complexity index is 1050. The number of hydrogen-bond donors (Lipinski definition) is 2. The van der Waals surface area contributed by atoms with Gasteiger partial charge in [0, 0.05) is 25.9 Å². The third-order valence-electron chi connectivity index (χ3n) is 4.22. The van der Waals surface area contributed by atoms with E-state index in [0.717, 1.165) is 36.5 Å². The van der Waals surface area contributed by atoms with Crippen molar-refractivity contribution in [3.63, 3.8) is 0 Å². The largest absolute Gasteiger partial charge is 0.495 e. The van der Waals surface area contributed by atoms with Gasteiger partial charge in [-0.25, -0.2) is 21.6 Å². The maximum atomic E-state index is 12.7. The van der Waals surface area contributed by atoms with Crippen LogP contribution in [0.1, 0.15) is 16.7 Å². The van der Waals surface area contributed by atoms with Crippen molar-refractivity contribution >= 4 is 19.9 Å². The van der Waals surface area contributed by atoms with Gasteiger partial charge in [0.15, 0.2) is 9.84 Å². The minimum atomic E-state index is -3.95. The molecule has 2 aromatic rings. The summed E-state index contributed by atoms with van der Waals surface area (Å²) in [4.78, 5) is -0.284. The highest BCUT2D eigenvalue weighted by Gasteiger charge is 2.22. The molecule has 0 spiro atoms. The summed E-state index contributed by atoms with van der Waals surface area (Å²) < 4.78 is 56.5. The molecule has 0 aliphatic carbocycles. The Hall–Kier alpha value is -1.94. The highest BCUT2D eigenvalue weighted by atomic mass is 32.2. The van der Waals surface area contributed by atoms with E-state index in [4.69, 9.17) is 4.74 Å². The number of hydrogen-bond acceptors (Lipinski definition) is 6. The predicted octanol–water partition coefficient (Wildman–Crippen LogP) is 1.18. The molecule has 2 aromatic carbocycles. The summed E-state index contributed by atoms with van der Waals surface area (Å²) in [7, 11) is -6.16. The number of ether oxygens (including phenoxy) is 1. The Balaban J connectivity index is 1.88. The number of benzene rings is 2. The van der Waals surface area contributed by atoms with Gasteiger partial charge in [0.1, 0.15) is 10.6 Å². The van der Waals surface area contributed by atoms with Gasteiger partial charge in [-0.15, -0.1) is 0 Å². The maximum Gasteiger partial charge on any atom is 0.244 e. The first-order valence-corrected chi connectivity index (χ1v) is 11.3. The van der Waals surface area contributed by atoms with Gasteiger partial charge in [-0.1, -0.05) is 18.2 Å². The SMILES string of the molecule is COc1ccc(S(C)(=O)=O)cc1S(=O)(=O)NCc1ccc2c(c1)CNC2. The van der Waals surface area contributed by atoms with Gasteiger partial charge in [0.25, 0.3) is 0 Å². The molecule has 0 unspecified atom stereocenters. The number of sulfone groups is 1. The molecule has 7 nitrogen and oxygen atoms in total. The Morgan fingerprint density at radius 1 is 1.04 bits per heavy atom. The summed E-state index contributed by atoms with van der Waals surface area (Å²) in [5, 5.41) is 3.24. The van der Waals surface area contributed by atoms with E-state index < -0.39 is 19.9 Å². The molecule has 3 rings (SSSR count). The summed E-state index contributed by atoms with van der Waals surface area (Å²) in [5.41, 5.74) is 3.19. The molecule has 0 atom stereocenters. The van der Waals surface area contributed by atoms with E-state index in [-0.39, 0.29) is 22.1 Å². The fraction of sp³-hybridized carbons (Fsp3) is 0.294. The third kappa shape index (κ3) is 3.90. The fourth-order valence-corrected chi connectivity index (χ4v) is 4.74. The topological polar surface area (TPSA) is 102 Å². The molecule has 140 valence electrons. The number of methoxy groups -OCH3 is 1. The quantitative estimate of drug-likeness (QED) is 0.760. The number of nitrogens with one attached hydrogen (secondary N) is 2. The number of sulfonamides is 1. The minimum absolute atomic E-state index is 0.0812. The van der Waals surface area contributed by atoms with Crippen LogP contribution in [-0.2, 0) is 39.5 Å². The van der Waals surface area contributed by atoms with Gasteiger partial charge in [0.05, 0.1) is 12.0 Å². The van der Waals surface area contributed by atoms with Gasteiger partial charge in [-0.3, -0.25) is 0 Å². The Morgan fingerprint density at radius 3 is 2.46 bits per heavy atom. The lowest BCUT2D eigenvalue weighted by Gasteiger charge is -2.12. The molecule has 9 heteroatoms. The van der Waals surface area contributed by atoms with Crippen LogP contribution in [0, 0.1) is 0 Å². The van der Waals surface area contributed by atoms with Crippen molar-refractivity contribution in [3.05, 3.63) is 53.1 Å². The van der Waals surface area contributed by atoms with Crippen LogP contribution in [0.5, 0.6) is 5.75 Å². The highest BCUT2D eigenvalue weighted by molar-refractivity contribution is 7.91. The first-order valence-electron chi connectivity index (χ1n) is 7.90. The molecular formula is C17H20N2O5S2. The summed E-state index contributed by atoms with van der Waals surface area (Å²) in [6.07, 6.45) is 1.03. The first kappa shape index (κ1) is 18.8. The van der Waals surface area contributed by atoms with Crippen molar-refractivity contribution in [1.29, 1.82) is 0 Å². The van der Waals surface area contributed by atoms with Crippen LogP contribution < -0.4 is 14.8 Å². The second kappa shape index (κ2) is 6.99. The molecule has 2 N–H and O–H groups in total. The van der Waals surface area contributed by atoms with Gasteiger partial charge >= 0.3 is 0 Å². The lowest BCUT2D eigenvalue weighted by molar-refractivity contribution is 0.401. The zero-order valence-electron chi connectivity index (χ0n) is 14.4. The van der Waals surface area contributed by atoms with Crippen molar-refractivity contribution in [3.8, 4) is 5.75 Å². The van der Waals surface area contributed by atoms with Crippen LogP contribution in [0.2, 0.25) is 0 Å². The predicted molar refractivity (Wildman–Crippen MR) is 97.1 cm³/mol. The lowest BCUT2D eigenvalue weighted by atomic mass is 10.1. The average molecular weight is 396 g/mol. The second-order valence-corrected chi connectivity index (χ2v) is 9.87. The second-order valence-electron chi connectivity index (χ2n) is 6.12. The monoisotopic (exact) mass is 396 g/mol. The molecule has 0 fully saturated rings. The summed E-state index contributed by atoms with van der Waals surface area (Å²) >= 11 is 0. The van der Waals surface area contributed by atoms with Gasteiger partial charge in [-0.2, -0.15) is 0 Å².